The lowest BCUT2D eigenvalue weighted by Crippen LogP contribution is -2.15. The zero-order valence-electron chi connectivity index (χ0n) is 14.8. The van der Waals surface area contributed by atoms with Gasteiger partial charge in [0.05, 0.1) is 23.5 Å². The maximum absolute atomic E-state index is 12.6. The fourth-order valence-electron chi connectivity index (χ4n) is 3.30. The van der Waals surface area contributed by atoms with E-state index in [2.05, 4.69) is 15.4 Å². The van der Waals surface area contributed by atoms with E-state index in [4.69, 9.17) is 0 Å². The van der Waals surface area contributed by atoms with Crippen molar-refractivity contribution in [2.45, 2.75) is 20.3 Å². The van der Waals surface area contributed by atoms with Crippen molar-refractivity contribution in [3.8, 4) is 5.69 Å². The summed E-state index contributed by atoms with van der Waals surface area (Å²) >= 11 is 0. The van der Waals surface area contributed by atoms with Crippen molar-refractivity contribution in [2.75, 3.05) is 5.32 Å². The van der Waals surface area contributed by atoms with Gasteiger partial charge in [0.2, 0.25) is 5.91 Å². The minimum absolute atomic E-state index is 0.0440. The number of aromatic amines is 1. The number of hydrogen-bond acceptors (Lipinski definition) is 2. The van der Waals surface area contributed by atoms with E-state index in [0.29, 0.717) is 6.42 Å². The molecular formula is C21H20N4O. The van der Waals surface area contributed by atoms with Crippen LogP contribution in [0.2, 0.25) is 0 Å². The molecule has 2 aromatic carbocycles. The van der Waals surface area contributed by atoms with Crippen molar-refractivity contribution in [1.29, 1.82) is 0 Å². The van der Waals surface area contributed by atoms with Crippen LogP contribution in [-0.2, 0) is 11.2 Å². The summed E-state index contributed by atoms with van der Waals surface area (Å²) < 4.78 is 1.89. The minimum atomic E-state index is -0.0440. The van der Waals surface area contributed by atoms with Gasteiger partial charge in [0, 0.05) is 28.4 Å². The fraction of sp³-hybridized carbons (Fsp3) is 0.143. The third-order valence-corrected chi connectivity index (χ3v) is 4.65. The Hall–Kier alpha value is -3.34. The number of amides is 1. The monoisotopic (exact) mass is 344 g/mol. The van der Waals surface area contributed by atoms with Gasteiger partial charge in [0.15, 0.2) is 0 Å². The average molecular weight is 344 g/mol. The molecule has 2 N–H and O–H groups in total. The summed E-state index contributed by atoms with van der Waals surface area (Å²) in [7, 11) is 0. The Morgan fingerprint density at radius 2 is 1.88 bits per heavy atom. The Morgan fingerprint density at radius 3 is 2.69 bits per heavy atom. The molecule has 0 atom stereocenters. The molecule has 130 valence electrons. The second-order valence-corrected chi connectivity index (χ2v) is 6.37. The molecule has 5 heteroatoms. The molecule has 5 nitrogen and oxygen atoms in total. The number of para-hydroxylation sites is 1. The molecule has 4 aromatic rings. The van der Waals surface area contributed by atoms with Crippen molar-refractivity contribution in [3.63, 3.8) is 0 Å². The number of nitrogens with one attached hydrogen (secondary N) is 2. The third-order valence-electron chi connectivity index (χ3n) is 4.65. The Morgan fingerprint density at radius 1 is 1.08 bits per heavy atom. The van der Waals surface area contributed by atoms with Crippen LogP contribution in [0.4, 0.5) is 5.69 Å². The molecule has 0 saturated heterocycles. The van der Waals surface area contributed by atoms with Crippen LogP contribution in [0.5, 0.6) is 0 Å². The smallest absolute Gasteiger partial charge is 0.228 e. The molecule has 0 aliphatic carbocycles. The maximum Gasteiger partial charge on any atom is 0.228 e. The molecule has 0 bridgehead atoms. The predicted molar refractivity (Wildman–Crippen MR) is 104 cm³/mol. The van der Waals surface area contributed by atoms with Gasteiger partial charge in [-0.15, -0.1) is 0 Å². The maximum atomic E-state index is 12.6. The Bertz CT molecular complexity index is 1080. The highest BCUT2D eigenvalue weighted by molar-refractivity contribution is 6.01. The first kappa shape index (κ1) is 16.1. The van der Waals surface area contributed by atoms with E-state index in [1.807, 2.05) is 79.3 Å². The summed E-state index contributed by atoms with van der Waals surface area (Å²) in [6.45, 7) is 3.95. The largest absolute Gasteiger partial charge is 0.361 e. The molecular weight excluding hydrogens is 324 g/mol. The van der Waals surface area contributed by atoms with E-state index in [1.165, 1.54) is 0 Å². The number of nitrogens with zero attached hydrogens (tertiary/aromatic N) is 2. The molecule has 0 fully saturated rings. The Kier molecular flexibility index (Phi) is 4.05. The summed E-state index contributed by atoms with van der Waals surface area (Å²) in [5, 5.41) is 8.65. The molecule has 0 aliphatic heterocycles. The van der Waals surface area contributed by atoms with Gasteiger partial charge in [-0.1, -0.05) is 24.3 Å². The van der Waals surface area contributed by atoms with Gasteiger partial charge in [-0.2, -0.15) is 5.10 Å². The van der Waals surface area contributed by atoms with E-state index in [9.17, 15) is 4.79 Å². The van der Waals surface area contributed by atoms with Crippen LogP contribution in [0.25, 0.3) is 16.6 Å². The van der Waals surface area contributed by atoms with Gasteiger partial charge in [0.1, 0.15) is 0 Å². The number of anilines is 1. The second-order valence-electron chi connectivity index (χ2n) is 6.37. The summed E-state index contributed by atoms with van der Waals surface area (Å²) in [6, 6.07) is 17.8. The summed E-state index contributed by atoms with van der Waals surface area (Å²) in [5.74, 6) is -0.0440. The highest BCUT2D eigenvalue weighted by Gasteiger charge is 2.16. The summed E-state index contributed by atoms with van der Waals surface area (Å²) in [4.78, 5) is 15.8. The fourth-order valence-corrected chi connectivity index (χ4v) is 3.30. The predicted octanol–water partition coefficient (Wildman–Crippen LogP) is 4.15. The number of aromatic nitrogens is 3. The van der Waals surface area contributed by atoms with E-state index < -0.39 is 0 Å². The number of carbonyl (C=O) groups excluding carboxylic acids is 1. The van der Waals surface area contributed by atoms with E-state index >= 15 is 0 Å². The molecule has 0 radical (unpaired) electrons. The van der Waals surface area contributed by atoms with Gasteiger partial charge < -0.3 is 10.3 Å². The summed E-state index contributed by atoms with van der Waals surface area (Å²) in [5.41, 5.74) is 5.65. The number of fused-ring (bicyclic) bond motifs is 1. The lowest BCUT2D eigenvalue weighted by Gasteiger charge is -2.08. The number of rotatable bonds is 4. The highest BCUT2D eigenvalue weighted by atomic mass is 16.1. The van der Waals surface area contributed by atoms with Crippen molar-refractivity contribution in [1.82, 2.24) is 14.8 Å². The second kappa shape index (κ2) is 6.52. The minimum Gasteiger partial charge on any atom is -0.361 e. The summed E-state index contributed by atoms with van der Waals surface area (Å²) in [6.07, 6.45) is 2.17. The van der Waals surface area contributed by atoms with E-state index in [1.54, 1.807) is 0 Å². The standard InChI is InChI=1S/C21H20N4O/c1-14-18(15(2)25(24-14)16-7-4-3-5-8-16)13-21(26)23-20-10-6-9-19-17(20)11-12-22-19/h3-12,22H,13H2,1-2H3,(H,23,26). The highest BCUT2D eigenvalue weighted by Crippen LogP contribution is 2.23. The topological polar surface area (TPSA) is 62.7 Å². The van der Waals surface area contributed by atoms with E-state index in [-0.39, 0.29) is 5.91 Å². The number of benzene rings is 2. The molecule has 1 amide bonds. The van der Waals surface area contributed by atoms with Crippen LogP contribution in [0, 0.1) is 13.8 Å². The Labute approximate surface area is 151 Å². The average Bonchev–Trinajstić information content (AvgIpc) is 3.23. The third kappa shape index (κ3) is 2.88. The van der Waals surface area contributed by atoms with Crippen LogP contribution in [-0.4, -0.2) is 20.7 Å². The normalized spacial score (nSPS) is 11.0. The first-order valence-electron chi connectivity index (χ1n) is 8.60. The van der Waals surface area contributed by atoms with Crippen LogP contribution in [0.15, 0.2) is 60.8 Å². The van der Waals surface area contributed by atoms with Crippen LogP contribution >= 0.6 is 0 Å². The van der Waals surface area contributed by atoms with Crippen molar-refractivity contribution < 1.29 is 4.79 Å². The van der Waals surface area contributed by atoms with Gasteiger partial charge in [-0.05, 0) is 44.2 Å². The Balaban J connectivity index is 1.59. The van der Waals surface area contributed by atoms with Crippen LogP contribution in [0.3, 0.4) is 0 Å². The molecule has 0 saturated carbocycles. The van der Waals surface area contributed by atoms with E-state index in [0.717, 1.165) is 39.2 Å². The lowest BCUT2D eigenvalue weighted by atomic mass is 10.1. The molecule has 0 aliphatic rings. The first-order valence-corrected chi connectivity index (χ1v) is 8.60. The van der Waals surface area contributed by atoms with Crippen LogP contribution in [0.1, 0.15) is 17.0 Å². The molecule has 4 rings (SSSR count). The zero-order valence-corrected chi connectivity index (χ0v) is 14.8. The molecule has 2 aromatic heterocycles. The molecule has 0 unspecified atom stereocenters. The van der Waals surface area contributed by atoms with Crippen molar-refractivity contribution >= 4 is 22.5 Å². The zero-order chi connectivity index (χ0) is 18.1. The quantitative estimate of drug-likeness (QED) is 0.584. The number of aryl methyl sites for hydroxylation is 1. The lowest BCUT2D eigenvalue weighted by molar-refractivity contribution is -0.115. The van der Waals surface area contributed by atoms with Gasteiger partial charge >= 0.3 is 0 Å². The first-order chi connectivity index (χ1) is 12.6. The number of H-pyrrole nitrogens is 1. The van der Waals surface area contributed by atoms with Gasteiger partial charge in [-0.3, -0.25) is 4.79 Å². The number of carbonyl (C=O) groups is 1. The van der Waals surface area contributed by atoms with Gasteiger partial charge in [-0.25, -0.2) is 4.68 Å². The molecule has 2 heterocycles. The van der Waals surface area contributed by atoms with Crippen molar-refractivity contribution in [2.24, 2.45) is 0 Å². The SMILES string of the molecule is Cc1nn(-c2ccccc2)c(C)c1CC(=O)Nc1cccc2[nH]ccc12. The molecule has 0 spiro atoms. The molecule has 26 heavy (non-hydrogen) atoms. The van der Waals surface area contributed by atoms with Crippen molar-refractivity contribution in [3.05, 3.63) is 77.7 Å². The van der Waals surface area contributed by atoms with Crippen LogP contribution < -0.4 is 5.32 Å². The van der Waals surface area contributed by atoms with Gasteiger partial charge in [0.25, 0.3) is 0 Å². The number of hydrogen-bond donors (Lipinski definition) is 2.